The monoisotopic (exact) mass is 253 g/mol. The minimum atomic E-state index is -0.0641. The summed E-state index contributed by atoms with van der Waals surface area (Å²) in [7, 11) is 0. The summed E-state index contributed by atoms with van der Waals surface area (Å²) in [6, 6.07) is 0. The number of nitrogens with zero attached hydrogens (tertiary/aromatic N) is 3. The van der Waals surface area contributed by atoms with Crippen LogP contribution in [0.15, 0.2) is 4.52 Å². The maximum Gasteiger partial charge on any atom is 0.309 e. The van der Waals surface area contributed by atoms with Crippen molar-refractivity contribution in [2.24, 2.45) is 5.92 Å². The van der Waals surface area contributed by atoms with E-state index in [0.717, 1.165) is 25.9 Å². The zero-order valence-corrected chi connectivity index (χ0v) is 10.9. The van der Waals surface area contributed by atoms with Crippen molar-refractivity contribution in [3.8, 4) is 0 Å². The Morgan fingerprint density at radius 3 is 2.78 bits per heavy atom. The Balaban J connectivity index is 1.78. The van der Waals surface area contributed by atoms with Crippen LogP contribution in [0.5, 0.6) is 0 Å². The molecule has 1 aliphatic rings. The summed E-state index contributed by atoms with van der Waals surface area (Å²) in [5, 5.41) is 3.76. The molecule has 1 aliphatic heterocycles. The average molecular weight is 253 g/mol. The van der Waals surface area contributed by atoms with E-state index in [1.165, 1.54) is 0 Å². The number of carbonyl (C=O) groups excluding carboxylic acids is 1. The number of piperidine rings is 1. The summed E-state index contributed by atoms with van der Waals surface area (Å²) in [4.78, 5) is 18.0. The van der Waals surface area contributed by atoms with Crippen LogP contribution in [0.25, 0.3) is 0 Å². The second-order valence-corrected chi connectivity index (χ2v) is 4.54. The van der Waals surface area contributed by atoms with E-state index in [4.69, 9.17) is 9.26 Å². The number of esters is 1. The van der Waals surface area contributed by atoms with Crippen LogP contribution < -0.4 is 0 Å². The molecule has 0 N–H and O–H groups in total. The van der Waals surface area contributed by atoms with Gasteiger partial charge < -0.3 is 9.26 Å². The number of ether oxygens (including phenoxy) is 1. The van der Waals surface area contributed by atoms with Crippen molar-refractivity contribution >= 4 is 5.97 Å². The highest BCUT2D eigenvalue weighted by Gasteiger charge is 2.26. The van der Waals surface area contributed by atoms with E-state index in [1.807, 2.05) is 6.92 Å². The molecule has 1 saturated heterocycles. The molecule has 0 unspecified atom stereocenters. The molecule has 0 spiro atoms. The molecule has 0 radical (unpaired) electrons. The first-order chi connectivity index (χ1) is 8.69. The second kappa shape index (κ2) is 5.95. The fourth-order valence-electron chi connectivity index (χ4n) is 2.18. The third-order valence-electron chi connectivity index (χ3n) is 3.14. The van der Waals surface area contributed by atoms with Crippen LogP contribution in [0.1, 0.15) is 31.5 Å². The Morgan fingerprint density at radius 2 is 2.22 bits per heavy atom. The summed E-state index contributed by atoms with van der Waals surface area (Å²) in [6.07, 6.45) is 1.68. The fraction of sp³-hybridized carbons (Fsp3) is 0.750. The first-order valence-corrected chi connectivity index (χ1v) is 6.37. The van der Waals surface area contributed by atoms with Gasteiger partial charge in [0.05, 0.1) is 19.1 Å². The average Bonchev–Trinajstić information content (AvgIpc) is 2.76. The molecule has 0 atom stereocenters. The summed E-state index contributed by atoms with van der Waals surface area (Å²) in [6.45, 7) is 6.50. The maximum atomic E-state index is 11.6. The van der Waals surface area contributed by atoms with Crippen LogP contribution in [0.3, 0.4) is 0 Å². The molecule has 6 nitrogen and oxygen atoms in total. The van der Waals surface area contributed by atoms with Gasteiger partial charge >= 0.3 is 5.97 Å². The largest absolute Gasteiger partial charge is 0.466 e. The Kier molecular flexibility index (Phi) is 4.30. The van der Waals surface area contributed by atoms with Crippen LogP contribution in [0.4, 0.5) is 0 Å². The SMILES string of the molecule is CCOC(=O)C1CCN(Cc2nc(C)no2)CC1. The van der Waals surface area contributed by atoms with E-state index in [9.17, 15) is 4.79 Å². The molecule has 0 aliphatic carbocycles. The van der Waals surface area contributed by atoms with Gasteiger partial charge in [-0.1, -0.05) is 5.16 Å². The van der Waals surface area contributed by atoms with Crippen molar-refractivity contribution in [3.05, 3.63) is 11.7 Å². The molecule has 2 rings (SSSR count). The molecule has 6 heteroatoms. The van der Waals surface area contributed by atoms with Crippen molar-refractivity contribution in [1.29, 1.82) is 0 Å². The first kappa shape index (κ1) is 13.0. The van der Waals surface area contributed by atoms with Gasteiger partial charge in [-0.2, -0.15) is 4.98 Å². The lowest BCUT2D eigenvalue weighted by Gasteiger charge is -2.29. The van der Waals surface area contributed by atoms with Gasteiger partial charge in [-0.05, 0) is 39.8 Å². The molecular formula is C12H19N3O3. The molecule has 1 fully saturated rings. The highest BCUT2D eigenvalue weighted by atomic mass is 16.5. The highest BCUT2D eigenvalue weighted by Crippen LogP contribution is 2.19. The minimum absolute atomic E-state index is 0.0469. The van der Waals surface area contributed by atoms with Gasteiger partial charge in [-0.15, -0.1) is 0 Å². The van der Waals surface area contributed by atoms with Gasteiger partial charge in [0.2, 0.25) is 5.89 Å². The smallest absolute Gasteiger partial charge is 0.309 e. The van der Waals surface area contributed by atoms with Gasteiger partial charge in [-0.3, -0.25) is 9.69 Å². The number of carbonyl (C=O) groups is 1. The van der Waals surface area contributed by atoms with Crippen LogP contribution in [-0.4, -0.2) is 40.7 Å². The zero-order chi connectivity index (χ0) is 13.0. The number of aryl methyl sites for hydroxylation is 1. The van der Waals surface area contributed by atoms with Crippen molar-refractivity contribution in [2.75, 3.05) is 19.7 Å². The Bertz CT molecular complexity index is 397. The van der Waals surface area contributed by atoms with E-state index in [1.54, 1.807) is 6.92 Å². The lowest BCUT2D eigenvalue weighted by Crippen LogP contribution is -2.36. The lowest BCUT2D eigenvalue weighted by molar-refractivity contribution is -0.149. The molecule has 0 amide bonds. The van der Waals surface area contributed by atoms with Crippen LogP contribution in [0, 0.1) is 12.8 Å². The van der Waals surface area contributed by atoms with Crippen molar-refractivity contribution in [2.45, 2.75) is 33.2 Å². The van der Waals surface area contributed by atoms with E-state index < -0.39 is 0 Å². The Morgan fingerprint density at radius 1 is 1.50 bits per heavy atom. The molecule has 1 aromatic rings. The fourth-order valence-corrected chi connectivity index (χ4v) is 2.18. The van der Waals surface area contributed by atoms with Crippen molar-refractivity contribution in [1.82, 2.24) is 15.0 Å². The van der Waals surface area contributed by atoms with Gasteiger partial charge in [0.25, 0.3) is 0 Å². The predicted octanol–water partition coefficient (Wildman–Crippen LogP) is 1.15. The van der Waals surface area contributed by atoms with Gasteiger partial charge in [-0.25, -0.2) is 0 Å². The van der Waals surface area contributed by atoms with Gasteiger partial charge in [0, 0.05) is 0 Å². The maximum absolute atomic E-state index is 11.6. The van der Waals surface area contributed by atoms with E-state index >= 15 is 0 Å². The standard InChI is InChI=1S/C12H19N3O3/c1-3-17-12(16)10-4-6-15(7-5-10)8-11-13-9(2)14-18-11/h10H,3-8H2,1-2H3. The number of rotatable bonds is 4. The van der Waals surface area contributed by atoms with Crippen molar-refractivity contribution < 1.29 is 14.1 Å². The summed E-state index contributed by atoms with van der Waals surface area (Å²) in [5.41, 5.74) is 0. The third kappa shape index (κ3) is 3.29. The van der Waals surface area contributed by atoms with E-state index in [2.05, 4.69) is 15.0 Å². The summed E-state index contributed by atoms with van der Waals surface area (Å²) < 4.78 is 10.1. The lowest BCUT2D eigenvalue weighted by atomic mass is 9.97. The number of hydrogen-bond acceptors (Lipinski definition) is 6. The Labute approximate surface area is 106 Å². The molecule has 1 aromatic heterocycles. The van der Waals surface area contributed by atoms with Crippen molar-refractivity contribution in [3.63, 3.8) is 0 Å². The molecule has 0 aromatic carbocycles. The van der Waals surface area contributed by atoms with Gasteiger partial charge in [0.1, 0.15) is 0 Å². The highest BCUT2D eigenvalue weighted by molar-refractivity contribution is 5.72. The molecule has 100 valence electrons. The third-order valence-corrected chi connectivity index (χ3v) is 3.14. The number of aromatic nitrogens is 2. The summed E-state index contributed by atoms with van der Waals surface area (Å²) in [5.74, 6) is 1.28. The van der Waals surface area contributed by atoms with Crippen LogP contribution in [-0.2, 0) is 16.1 Å². The zero-order valence-electron chi connectivity index (χ0n) is 10.9. The molecule has 2 heterocycles. The van der Waals surface area contributed by atoms with Crippen LogP contribution in [0.2, 0.25) is 0 Å². The minimum Gasteiger partial charge on any atom is -0.466 e. The van der Waals surface area contributed by atoms with Crippen LogP contribution >= 0.6 is 0 Å². The van der Waals surface area contributed by atoms with E-state index in [0.29, 0.717) is 24.9 Å². The normalized spacial score (nSPS) is 17.9. The molecule has 0 saturated carbocycles. The first-order valence-electron chi connectivity index (χ1n) is 6.37. The summed E-state index contributed by atoms with van der Waals surface area (Å²) >= 11 is 0. The molecular weight excluding hydrogens is 234 g/mol. The van der Waals surface area contributed by atoms with E-state index in [-0.39, 0.29) is 11.9 Å². The predicted molar refractivity (Wildman–Crippen MR) is 63.7 cm³/mol. The second-order valence-electron chi connectivity index (χ2n) is 4.54. The molecule has 0 bridgehead atoms. The molecule has 18 heavy (non-hydrogen) atoms. The number of hydrogen-bond donors (Lipinski definition) is 0. The van der Waals surface area contributed by atoms with Gasteiger partial charge in [0.15, 0.2) is 5.82 Å². The number of likely N-dealkylation sites (tertiary alicyclic amines) is 1. The topological polar surface area (TPSA) is 68.5 Å². The quantitative estimate of drug-likeness (QED) is 0.750. The Hall–Kier alpha value is -1.43.